The highest BCUT2D eigenvalue weighted by atomic mass is 35.5. The van der Waals surface area contributed by atoms with Crippen LogP contribution in [0.2, 0.25) is 5.02 Å². The minimum atomic E-state index is 0.363. The fourth-order valence-electron chi connectivity index (χ4n) is 2.03. The van der Waals surface area contributed by atoms with E-state index in [1.807, 2.05) is 12.1 Å². The largest absolute Gasteiger partial charge is 0.300 e. The Bertz CT molecular complexity index is 356. The maximum Gasteiger partial charge on any atom is 0.0453 e. The average Bonchev–Trinajstić information content (AvgIpc) is 2.36. The second-order valence-corrected chi connectivity index (χ2v) is 5.94. The molecule has 2 atom stereocenters. The molecule has 1 nitrogen and oxygen atoms in total. The van der Waals surface area contributed by atoms with Gasteiger partial charge in [-0.1, -0.05) is 36.7 Å². The van der Waals surface area contributed by atoms with Gasteiger partial charge >= 0.3 is 0 Å². The van der Waals surface area contributed by atoms with Gasteiger partial charge in [0.25, 0.3) is 0 Å². The zero-order valence-corrected chi connectivity index (χ0v) is 13.2. The Morgan fingerprint density at radius 2 is 1.89 bits per heavy atom. The van der Waals surface area contributed by atoms with E-state index in [2.05, 4.69) is 50.6 Å². The van der Waals surface area contributed by atoms with Crippen LogP contribution in [0.5, 0.6) is 0 Å². The summed E-state index contributed by atoms with van der Waals surface area (Å²) in [6.07, 6.45) is 2.41. The Hall–Kier alpha value is -0.180. The molecule has 0 heterocycles. The highest BCUT2D eigenvalue weighted by Crippen LogP contribution is 2.26. The van der Waals surface area contributed by atoms with Crippen molar-refractivity contribution in [1.29, 1.82) is 0 Å². The van der Waals surface area contributed by atoms with Crippen molar-refractivity contribution in [2.45, 2.75) is 32.7 Å². The molecule has 0 N–H and O–H groups in total. The summed E-state index contributed by atoms with van der Waals surface area (Å²) >= 11 is 10.5. The van der Waals surface area contributed by atoms with Gasteiger partial charge in [-0.25, -0.2) is 0 Å². The van der Waals surface area contributed by atoms with Crippen LogP contribution >= 0.6 is 24.2 Å². The van der Waals surface area contributed by atoms with E-state index in [0.29, 0.717) is 6.04 Å². The summed E-state index contributed by atoms with van der Waals surface area (Å²) < 4.78 is 0. The van der Waals surface area contributed by atoms with Gasteiger partial charge in [-0.3, -0.25) is 4.90 Å². The second kappa shape index (κ2) is 8.08. The van der Waals surface area contributed by atoms with Crippen molar-refractivity contribution < 1.29 is 0 Å². The van der Waals surface area contributed by atoms with Gasteiger partial charge in [-0.2, -0.15) is 12.6 Å². The molecule has 0 amide bonds. The maximum atomic E-state index is 6.24. The molecule has 102 valence electrons. The number of nitrogens with zero attached hydrogens (tertiary/aromatic N) is 1. The smallest absolute Gasteiger partial charge is 0.0453 e. The monoisotopic (exact) mass is 285 g/mol. The first-order chi connectivity index (χ1) is 8.56. The van der Waals surface area contributed by atoms with E-state index in [9.17, 15) is 0 Å². The third-order valence-corrected chi connectivity index (χ3v) is 4.22. The standard InChI is InChI=1S/C15H24ClNS/c1-12(9-11-18)8-10-17(3)13(2)14-6-4-5-7-15(14)16/h4-7,12-13,18H,8-11H2,1-3H3. The summed E-state index contributed by atoms with van der Waals surface area (Å²) in [5.41, 5.74) is 1.21. The van der Waals surface area contributed by atoms with Crippen LogP contribution in [0.4, 0.5) is 0 Å². The number of benzene rings is 1. The van der Waals surface area contributed by atoms with Crippen molar-refractivity contribution in [1.82, 2.24) is 4.90 Å². The van der Waals surface area contributed by atoms with Crippen molar-refractivity contribution >= 4 is 24.2 Å². The number of halogens is 1. The first-order valence-corrected chi connectivity index (χ1v) is 7.62. The molecule has 0 bridgehead atoms. The van der Waals surface area contributed by atoms with Gasteiger partial charge in [-0.15, -0.1) is 0 Å². The summed E-state index contributed by atoms with van der Waals surface area (Å²) in [6, 6.07) is 8.47. The van der Waals surface area contributed by atoms with Gasteiger partial charge in [0.1, 0.15) is 0 Å². The zero-order valence-electron chi connectivity index (χ0n) is 11.6. The van der Waals surface area contributed by atoms with Gasteiger partial charge in [0.2, 0.25) is 0 Å². The van der Waals surface area contributed by atoms with Gasteiger partial charge in [0, 0.05) is 11.1 Å². The highest BCUT2D eigenvalue weighted by molar-refractivity contribution is 7.80. The van der Waals surface area contributed by atoms with Gasteiger partial charge in [-0.05, 0) is 56.7 Å². The Balaban J connectivity index is 2.51. The second-order valence-electron chi connectivity index (χ2n) is 5.08. The van der Waals surface area contributed by atoms with Crippen molar-refractivity contribution in [3.63, 3.8) is 0 Å². The number of rotatable bonds is 7. The Morgan fingerprint density at radius 3 is 2.50 bits per heavy atom. The van der Waals surface area contributed by atoms with Crippen LogP contribution in [0, 0.1) is 5.92 Å². The third kappa shape index (κ3) is 4.83. The zero-order chi connectivity index (χ0) is 13.5. The van der Waals surface area contributed by atoms with E-state index in [-0.39, 0.29) is 0 Å². The minimum absolute atomic E-state index is 0.363. The number of thiol groups is 1. The van der Waals surface area contributed by atoms with Crippen molar-refractivity contribution in [3.8, 4) is 0 Å². The molecule has 0 spiro atoms. The minimum Gasteiger partial charge on any atom is -0.300 e. The molecule has 0 aliphatic carbocycles. The molecule has 1 rings (SSSR count). The molecule has 0 fully saturated rings. The molecule has 0 aromatic heterocycles. The maximum absolute atomic E-state index is 6.24. The van der Waals surface area contributed by atoms with E-state index in [0.717, 1.165) is 23.2 Å². The Kier molecular flexibility index (Phi) is 7.13. The molecule has 1 aromatic rings. The predicted octanol–water partition coefficient (Wildman–Crippen LogP) is 4.68. The van der Waals surface area contributed by atoms with Crippen LogP contribution in [0.3, 0.4) is 0 Å². The molecule has 0 saturated carbocycles. The SMILES string of the molecule is CC(CCS)CCN(C)C(C)c1ccccc1Cl. The average molecular weight is 286 g/mol. The van der Waals surface area contributed by atoms with Gasteiger partial charge < -0.3 is 0 Å². The molecule has 0 aliphatic rings. The lowest BCUT2D eigenvalue weighted by Crippen LogP contribution is -2.25. The first-order valence-electron chi connectivity index (χ1n) is 6.61. The number of hydrogen-bond acceptors (Lipinski definition) is 2. The fraction of sp³-hybridized carbons (Fsp3) is 0.600. The van der Waals surface area contributed by atoms with Gasteiger partial charge in [0.15, 0.2) is 0 Å². The molecule has 2 unspecified atom stereocenters. The molecular formula is C15H24ClNS. The van der Waals surface area contributed by atoms with E-state index >= 15 is 0 Å². The van der Waals surface area contributed by atoms with E-state index < -0.39 is 0 Å². The summed E-state index contributed by atoms with van der Waals surface area (Å²) in [6.45, 7) is 5.61. The van der Waals surface area contributed by atoms with E-state index in [1.54, 1.807) is 0 Å². The topological polar surface area (TPSA) is 3.24 Å². The molecular weight excluding hydrogens is 262 g/mol. The molecule has 3 heteroatoms. The quantitative estimate of drug-likeness (QED) is 0.712. The van der Waals surface area contributed by atoms with Crippen molar-refractivity contribution in [2.75, 3.05) is 19.3 Å². The lowest BCUT2D eigenvalue weighted by Gasteiger charge is -2.27. The first kappa shape index (κ1) is 15.9. The molecule has 0 aliphatic heterocycles. The molecule has 1 aromatic carbocycles. The summed E-state index contributed by atoms with van der Waals surface area (Å²) in [7, 11) is 2.17. The molecule has 18 heavy (non-hydrogen) atoms. The third-order valence-electron chi connectivity index (χ3n) is 3.61. The normalized spacial score (nSPS) is 14.8. The Morgan fingerprint density at radius 1 is 1.22 bits per heavy atom. The van der Waals surface area contributed by atoms with Crippen LogP contribution in [-0.4, -0.2) is 24.2 Å². The Labute approximate surface area is 122 Å². The summed E-state index contributed by atoms with van der Waals surface area (Å²) in [5.74, 6) is 1.72. The fourth-order valence-corrected chi connectivity index (χ4v) is 2.77. The van der Waals surface area contributed by atoms with Gasteiger partial charge in [0.05, 0.1) is 0 Å². The van der Waals surface area contributed by atoms with Crippen LogP contribution in [0.15, 0.2) is 24.3 Å². The van der Waals surface area contributed by atoms with Crippen LogP contribution in [0.25, 0.3) is 0 Å². The summed E-state index contributed by atoms with van der Waals surface area (Å²) in [4.78, 5) is 2.37. The highest BCUT2D eigenvalue weighted by Gasteiger charge is 2.14. The molecule has 0 radical (unpaired) electrons. The predicted molar refractivity (Wildman–Crippen MR) is 84.7 cm³/mol. The number of hydrogen-bond donors (Lipinski definition) is 1. The lowest BCUT2D eigenvalue weighted by atomic mass is 10.0. The van der Waals surface area contributed by atoms with Crippen molar-refractivity contribution in [3.05, 3.63) is 34.9 Å². The molecule has 0 saturated heterocycles. The van der Waals surface area contributed by atoms with E-state index in [1.165, 1.54) is 18.4 Å². The van der Waals surface area contributed by atoms with Crippen molar-refractivity contribution in [2.24, 2.45) is 5.92 Å². The lowest BCUT2D eigenvalue weighted by molar-refractivity contribution is 0.242. The summed E-state index contributed by atoms with van der Waals surface area (Å²) in [5, 5.41) is 0.861. The van der Waals surface area contributed by atoms with Crippen LogP contribution in [0.1, 0.15) is 38.3 Å². The van der Waals surface area contributed by atoms with E-state index in [4.69, 9.17) is 11.6 Å². The van der Waals surface area contributed by atoms with Crippen LogP contribution in [-0.2, 0) is 0 Å². The van der Waals surface area contributed by atoms with Crippen LogP contribution < -0.4 is 0 Å².